The van der Waals surface area contributed by atoms with Crippen molar-refractivity contribution in [3.05, 3.63) is 48.4 Å². The Morgan fingerprint density at radius 1 is 1.05 bits per heavy atom. The minimum atomic E-state index is -1.95. The Labute approximate surface area is 349 Å². The van der Waals surface area contributed by atoms with Gasteiger partial charge in [-0.1, -0.05) is 19.1 Å². The van der Waals surface area contributed by atoms with Crippen molar-refractivity contribution in [2.24, 2.45) is 5.92 Å². The van der Waals surface area contributed by atoms with Gasteiger partial charge in [-0.3, -0.25) is 19.0 Å². The van der Waals surface area contributed by atoms with Crippen LogP contribution in [0.15, 0.2) is 42.9 Å². The average molecular weight is 856 g/mol. The van der Waals surface area contributed by atoms with Crippen molar-refractivity contribution in [2.45, 2.75) is 101 Å². The lowest BCUT2D eigenvalue weighted by Gasteiger charge is -2.46. The number of aliphatic hydroxyl groups excluding tert-OH is 6. The van der Waals surface area contributed by atoms with Crippen LogP contribution in [-0.2, 0) is 35.1 Å². The van der Waals surface area contributed by atoms with Gasteiger partial charge in [0.25, 0.3) is 5.91 Å². The number of rotatable bonds is 11. The van der Waals surface area contributed by atoms with E-state index in [2.05, 4.69) is 32.8 Å². The number of piperidine rings is 1. The number of hydrogen-bond donors (Lipinski definition) is 9. The number of thiocarbonyl (C=S) groups is 1. The quantitative estimate of drug-likeness (QED) is 0.0912. The molecule has 22 heteroatoms. The Hall–Kier alpha value is -4.93. The van der Waals surface area contributed by atoms with Crippen LogP contribution in [0.3, 0.4) is 0 Å². The standard InChI is InChI=1S/C38H49N9O12S/c1-18-9-12-46(25(50)8-11-39)15-23(18)45(3)33-22-10-13-47(34(22)42-17-41-33)38(60)44-21-6-4-20(5-7-21)14-40-35(55)32-29(53)28(52)30(54)37(59-32)58-31-26(43-19(2)49)36(56)57-24(16-48)27(31)51/h4-7,10,13,17-18,23-24,26-32,36-37,48,51-54,56H,8-9,12,14-16H2,1-3H3,(H,40,55)(H,43,49)(H,44,60)/t18-,23+,24?,26?,27?,28?,29?,30?,31?,32?,36?,37?/m1/s1. The molecule has 5 heterocycles. The van der Waals surface area contributed by atoms with E-state index in [1.807, 2.05) is 24.1 Å². The van der Waals surface area contributed by atoms with Gasteiger partial charge in [0.15, 0.2) is 29.4 Å². The van der Waals surface area contributed by atoms with Crippen LogP contribution in [0.2, 0.25) is 0 Å². The number of carbonyl (C=O) groups excluding carboxylic acids is 3. The van der Waals surface area contributed by atoms with Crippen LogP contribution in [0, 0.1) is 17.2 Å². The largest absolute Gasteiger partial charge is 0.394 e. The molecule has 6 rings (SSSR count). The highest BCUT2D eigenvalue weighted by Gasteiger charge is 2.52. The molecule has 9 N–H and O–H groups in total. The lowest BCUT2D eigenvalue weighted by atomic mass is 9.92. The molecule has 0 saturated carbocycles. The first-order chi connectivity index (χ1) is 28.6. The summed E-state index contributed by atoms with van der Waals surface area (Å²) in [7, 11) is 1.93. The first-order valence-corrected chi connectivity index (χ1v) is 19.7. The molecule has 324 valence electrons. The van der Waals surface area contributed by atoms with Gasteiger partial charge >= 0.3 is 0 Å². The zero-order valence-electron chi connectivity index (χ0n) is 32.9. The van der Waals surface area contributed by atoms with Gasteiger partial charge in [-0.25, -0.2) is 9.97 Å². The summed E-state index contributed by atoms with van der Waals surface area (Å²) in [6.45, 7) is 3.53. The maximum atomic E-state index is 13.3. The van der Waals surface area contributed by atoms with E-state index in [0.717, 1.165) is 18.7 Å². The van der Waals surface area contributed by atoms with Crippen molar-refractivity contribution in [3.8, 4) is 6.07 Å². The van der Waals surface area contributed by atoms with Crippen LogP contribution < -0.4 is 20.9 Å². The third-order valence-electron chi connectivity index (χ3n) is 11.0. The molecule has 10 unspecified atom stereocenters. The Morgan fingerprint density at radius 3 is 2.47 bits per heavy atom. The second-order valence-electron chi connectivity index (χ2n) is 15.0. The van der Waals surface area contributed by atoms with E-state index in [4.69, 9.17) is 31.7 Å². The van der Waals surface area contributed by atoms with E-state index in [9.17, 15) is 45.0 Å². The summed E-state index contributed by atoms with van der Waals surface area (Å²) < 4.78 is 18.1. The van der Waals surface area contributed by atoms with Crippen LogP contribution in [0.5, 0.6) is 0 Å². The second-order valence-corrected chi connectivity index (χ2v) is 15.4. The molecule has 3 fully saturated rings. The minimum Gasteiger partial charge on any atom is -0.394 e. The van der Waals surface area contributed by atoms with E-state index in [-0.39, 0.29) is 30.8 Å². The number of benzene rings is 1. The van der Waals surface area contributed by atoms with E-state index in [0.29, 0.717) is 40.9 Å². The molecule has 12 atom stereocenters. The average Bonchev–Trinajstić information content (AvgIpc) is 3.67. The van der Waals surface area contributed by atoms with Crippen LogP contribution >= 0.6 is 12.2 Å². The second kappa shape index (κ2) is 19.2. The predicted molar refractivity (Wildman–Crippen MR) is 213 cm³/mol. The van der Waals surface area contributed by atoms with E-state index in [1.54, 1.807) is 39.9 Å². The van der Waals surface area contributed by atoms with Gasteiger partial charge in [0, 0.05) is 45.5 Å². The number of aromatic nitrogens is 3. The third kappa shape index (κ3) is 9.50. The fourth-order valence-electron chi connectivity index (χ4n) is 7.65. The highest BCUT2D eigenvalue weighted by molar-refractivity contribution is 7.80. The van der Waals surface area contributed by atoms with Crippen LogP contribution in [0.4, 0.5) is 11.5 Å². The smallest absolute Gasteiger partial charge is 0.252 e. The molecule has 3 saturated heterocycles. The van der Waals surface area contributed by atoms with E-state index in [1.165, 1.54) is 6.33 Å². The monoisotopic (exact) mass is 855 g/mol. The van der Waals surface area contributed by atoms with Gasteiger partial charge in [-0.15, -0.1) is 0 Å². The molecule has 21 nitrogen and oxygen atoms in total. The normalized spacial score (nSPS) is 30.6. The number of carbonyl (C=O) groups is 3. The summed E-state index contributed by atoms with van der Waals surface area (Å²) in [6.07, 6.45) is -11.8. The number of ether oxygens (including phenoxy) is 3. The minimum absolute atomic E-state index is 0.0403. The predicted octanol–water partition coefficient (Wildman–Crippen LogP) is -2.35. The van der Waals surface area contributed by atoms with Crippen LogP contribution in [-0.4, -0.2) is 167 Å². The molecule has 3 aliphatic rings. The fraction of sp³-hybridized carbons (Fsp3) is 0.553. The summed E-state index contributed by atoms with van der Waals surface area (Å²) in [4.78, 5) is 50.4. The van der Waals surface area contributed by atoms with Gasteiger partial charge in [0.05, 0.1) is 24.1 Å². The van der Waals surface area contributed by atoms with Crippen LogP contribution in [0.25, 0.3) is 11.0 Å². The number of fused-ring (bicyclic) bond motifs is 1. The van der Waals surface area contributed by atoms with E-state index < -0.39 is 79.8 Å². The van der Waals surface area contributed by atoms with Gasteiger partial charge in [0.1, 0.15) is 61.2 Å². The van der Waals surface area contributed by atoms with Crippen molar-refractivity contribution in [3.63, 3.8) is 0 Å². The maximum Gasteiger partial charge on any atom is 0.252 e. The number of amides is 3. The number of hydrogen-bond acceptors (Lipinski definition) is 17. The summed E-state index contributed by atoms with van der Waals surface area (Å²) in [5.41, 5.74) is 1.80. The van der Waals surface area contributed by atoms with Crippen molar-refractivity contribution in [1.82, 2.24) is 30.1 Å². The molecule has 0 spiro atoms. The molecule has 0 radical (unpaired) electrons. The number of nitriles is 1. The Kier molecular flexibility index (Phi) is 14.3. The Bertz CT molecular complexity index is 2070. The first kappa shape index (κ1) is 44.6. The molecular weight excluding hydrogens is 807 g/mol. The number of aliphatic hydroxyl groups is 6. The summed E-state index contributed by atoms with van der Waals surface area (Å²) in [5, 5.41) is 81.0. The highest BCUT2D eigenvalue weighted by atomic mass is 32.1. The van der Waals surface area contributed by atoms with Crippen molar-refractivity contribution >= 4 is 57.6 Å². The number of likely N-dealkylation sites (N-methyl/N-ethyl adjacent to an activating group) is 1. The molecule has 3 aromatic rings. The zero-order chi connectivity index (χ0) is 43.4. The lowest BCUT2D eigenvalue weighted by molar-refractivity contribution is -0.335. The topological polar surface area (TPSA) is 297 Å². The molecular formula is C38H49N9O12S. The van der Waals surface area contributed by atoms with Crippen molar-refractivity contribution < 1.29 is 59.2 Å². The van der Waals surface area contributed by atoms with Crippen molar-refractivity contribution in [2.75, 3.05) is 37.0 Å². The molecule has 0 bridgehead atoms. The number of likely N-dealkylation sites (tertiary alicyclic amines) is 1. The molecule has 3 aliphatic heterocycles. The molecule has 60 heavy (non-hydrogen) atoms. The Balaban J connectivity index is 1.07. The SMILES string of the molecule is CC(=O)NC1C(O)OC(CO)C(O)C1OC1OC(C(=O)NCc2ccc(NC(=S)n3ccc4c(N(C)[C@H]5CN(C(=O)CC#N)CC[C@H]5C)ncnc43)cc2)C(O)C(O)C1O. The zero-order valence-corrected chi connectivity index (χ0v) is 33.8. The third-order valence-corrected chi connectivity index (χ3v) is 11.3. The Morgan fingerprint density at radius 2 is 1.78 bits per heavy atom. The molecule has 3 amide bonds. The molecule has 0 aliphatic carbocycles. The summed E-state index contributed by atoms with van der Waals surface area (Å²) in [6, 6.07) is 9.23. The van der Waals surface area contributed by atoms with Gasteiger partial charge < -0.3 is 70.6 Å². The summed E-state index contributed by atoms with van der Waals surface area (Å²) >= 11 is 5.74. The first-order valence-electron chi connectivity index (χ1n) is 19.3. The fourth-order valence-corrected chi connectivity index (χ4v) is 7.91. The molecule has 1 aromatic carbocycles. The molecule has 2 aromatic heterocycles. The van der Waals surface area contributed by atoms with Gasteiger partial charge in [-0.05, 0) is 48.3 Å². The lowest BCUT2D eigenvalue weighted by Crippen LogP contribution is -2.68. The van der Waals surface area contributed by atoms with Gasteiger partial charge in [0.2, 0.25) is 11.8 Å². The maximum absolute atomic E-state index is 13.3. The number of nitrogens with zero attached hydrogens (tertiary/aromatic N) is 6. The summed E-state index contributed by atoms with van der Waals surface area (Å²) in [5.74, 6) is -0.770. The van der Waals surface area contributed by atoms with Crippen molar-refractivity contribution in [1.29, 1.82) is 5.26 Å². The number of nitrogens with one attached hydrogen (secondary N) is 3. The number of anilines is 2. The van der Waals surface area contributed by atoms with Gasteiger partial charge in [-0.2, -0.15) is 5.26 Å². The van der Waals surface area contributed by atoms with Crippen LogP contribution in [0.1, 0.15) is 32.3 Å². The highest BCUT2D eigenvalue weighted by Crippen LogP contribution is 2.31. The van der Waals surface area contributed by atoms with E-state index >= 15 is 0 Å².